The SMILES string of the molecule is CC(C)NS(=O)(=O)c1ccc(NC(=O)/C=C/c2ccc(C(F)(F)F)cc2)cc1. The lowest BCUT2D eigenvalue weighted by Gasteiger charge is -2.10. The fourth-order valence-electron chi connectivity index (χ4n) is 2.23. The van der Waals surface area contributed by atoms with Crippen molar-refractivity contribution in [3.63, 3.8) is 0 Å². The average molecular weight is 412 g/mol. The van der Waals surface area contributed by atoms with Gasteiger partial charge in [0.25, 0.3) is 0 Å². The van der Waals surface area contributed by atoms with Gasteiger partial charge in [-0.05, 0) is 61.9 Å². The first kappa shape index (κ1) is 21.6. The van der Waals surface area contributed by atoms with Crippen LogP contribution in [0.1, 0.15) is 25.0 Å². The van der Waals surface area contributed by atoms with Crippen LogP contribution in [-0.2, 0) is 21.0 Å². The second-order valence-electron chi connectivity index (χ2n) is 6.24. The lowest BCUT2D eigenvalue weighted by atomic mass is 10.1. The van der Waals surface area contributed by atoms with Crippen LogP contribution >= 0.6 is 0 Å². The Morgan fingerprint density at radius 1 is 1.00 bits per heavy atom. The molecule has 0 aliphatic rings. The number of halogens is 3. The molecular weight excluding hydrogens is 393 g/mol. The highest BCUT2D eigenvalue weighted by Gasteiger charge is 2.29. The summed E-state index contributed by atoms with van der Waals surface area (Å²) in [6, 6.07) is 9.74. The summed E-state index contributed by atoms with van der Waals surface area (Å²) in [4.78, 5) is 12.0. The van der Waals surface area contributed by atoms with Gasteiger partial charge in [-0.1, -0.05) is 12.1 Å². The van der Waals surface area contributed by atoms with Crippen molar-refractivity contribution in [1.82, 2.24) is 4.72 Å². The molecule has 150 valence electrons. The molecule has 0 unspecified atom stereocenters. The normalized spacial score (nSPS) is 12.5. The molecule has 0 atom stereocenters. The monoisotopic (exact) mass is 412 g/mol. The van der Waals surface area contributed by atoms with Gasteiger partial charge in [-0.25, -0.2) is 13.1 Å². The van der Waals surface area contributed by atoms with Crippen LogP contribution in [-0.4, -0.2) is 20.4 Å². The predicted molar refractivity (Wildman–Crippen MR) is 101 cm³/mol. The maximum absolute atomic E-state index is 12.5. The Balaban J connectivity index is 2.00. The van der Waals surface area contributed by atoms with Gasteiger partial charge in [-0.15, -0.1) is 0 Å². The standard InChI is InChI=1S/C19H19F3N2O3S/c1-13(2)24-28(26,27)17-10-8-16(9-11-17)23-18(25)12-5-14-3-6-15(7-4-14)19(20,21)22/h3-13,24H,1-2H3,(H,23,25)/b12-5+. The summed E-state index contributed by atoms with van der Waals surface area (Å²) in [6.45, 7) is 3.41. The molecule has 0 radical (unpaired) electrons. The van der Waals surface area contributed by atoms with E-state index in [0.29, 0.717) is 11.3 Å². The second kappa shape index (κ2) is 8.57. The highest BCUT2D eigenvalue weighted by atomic mass is 32.2. The molecule has 5 nitrogen and oxygen atoms in total. The summed E-state index contributed by atoms with van der Waals surface area (Å²) in [7, 11) is -3.62. The zero-order valence-electron chi connectivity index (χ0n) is 15.1. The largest absolute Gasteiger partial charge is 0.416 e. The Labute approximate surface area is 161 Å². The van der Waals surface area contributed by atoms with E-state index in [1.54, 1.807) is 13.8 Å². The fourth-order valence-corrected chi connectivity index (χ4v) is 3.49. The first-order valence-corrected chi connectivity index (χ1v) is 9.74. The number of amides is 1. The summed E-state index contributed by atoms with van der Waals surface area (Å²) < 4.78 is 64.1. The molecular formula is C19H19F3N2O3S. The smallest absolute Gasteiger partial charge is 0.323 e. The van der Waals surface area contributed by atoms with Gasteiger partial charge in [0.2, 0.25) is 15.9 Å². The number of anilines is 1. The Morgan fingerprint density at radius 2 is 1.57 bits per heavy atom. The summed E-state index contributed by atoms with van der Waals surface area (Å²) >= 11 is 0. The van der Waals surface area contributed by atoms with Crippen LogP contribution in [0.5, 0.6) is 0 Å². The third kappa shape index (κ3) is 6.21. The van der Waals surface area contributed by atoms with Gasteiger partial charge in [-0.2, -0.15) is 13.2 Å². The number of nitrogens with one attached hydrogen (secondary N) is 2. The number of benzene rings is 2. The van der Waals surface area contributed by atoms with E-state index in [2.05, 4.69) is 10.0 Å². The molecule has 0 spiro atoms. The summed E-state index contributed by atoms with van der Waals surface area (Å²) in [5.41, 5.74) is 0.0472. The quantitative estimate of drug-likeness (QED) is 0.703. The van der Waals surface area contributed by atoms with E-state index in [0.717, 1.165) is 12.1 Å². The molecule has 0 aromatic heterocycles. The number of hydrogen-bond donors (Lipinski definition) is 2. The maximum atomic E-state index is 12.5. The van der Waals surface area contributed by atoms with Gasteiger partial charge in [0.1, 0.15) is 0 Å². The van der Waals surface area contributed by atoms with Crippen LogP contribution in [0.2, 0.25) is 0 Å². The van der Waals surface area contributed by atoms with Crippen molar-refractivity contribution in [2.24, 2.45) is 0 Å². The molecule has 0 bridgehead atoms. The molecule has 28 heavy (non-hydrogen) atoms. The van der Waals surface area contributed by atoms with Crippen LogP contribution in [0.4, 0.5) is 18.9 Å². The first-order chi connectivity index (χ1) is 13.0. The molecule has 0 heterocycles. The number of hydrogen-bond acceptors (Lipinski definition) is 3. The van der Waals surface area contributed by atoms with E-state index in [4.69, 9.17) is 0 Å². The third-order valence-electron chi connectivity index (χ3n) is 3.49. The number of alkyl halides is 3. The zero-order chi connectivity index (χ0) is 20.9. The third-order valence-corrected chi connectivity index (χ3v) is 5.16. The lowest BCUT2D eigenvalue weighted by molar-refractivity contribution is -0.137. The minimum Gasteiger partial charge on any atom is -0.323 e. The Bertz CT molecular complexity index is 949. The highest BCUT2D eigenvalue weighted by Crippen LogP contribution is 2.29. The fraction of sp³-hybridized carbons (Fsp3) is 0.211. The molecule has 2 N–H and O–H groups in total. The van der Waals surface area contributed by atoms with E-state index in [1.165, 1.54) is 48.6 Å². The van der Waals surface area contributed by atoms with Crippen LogP contribution < -0.4 is 10.0 Å². The van der Waals surface area contributed by atoms with Crippen molar-refractivity contribution in [1.29, 1.82) is 0 Å². The molecule has 2 aromatic carbocycles. The molecule has 9 heteroatoms. The lowest BCUT2D eigenvalue weighted by Crippen LogP contribution is -2.30. The van der Waals surface area contributed by atoms with Crippen molar-refractivity contribution in [2.45, 2.75) is 31.0 Å². The number of rotatable bonds is 6. The summed E-state index contributed by atoms with van der Waals surface area (Å²) in [5.74, 6) is -0.504. The van der Waals surface area contributed by atoms with Crippen molar-refractivity contribution in [2.75, 3.05) is 5.32 Å². The molecule has 0 fully saturated rings. The van der Waals surface area contributed by atoms with Crippen molar-refractivity contribution >= 4 is 27.7 Å². The van der Waals surface area contributed by atoms with E-state index >= 15 is 0 Å². The molecule has 0 saturated carbocycles. The molecule has 0 saturated heterocycles. The van der Waals surface area contributed by atoms with E-state index in [9.17, 15) is 26.4 Å². The zero-order valence-corrected chi connectivity index (χ0v) is 15.9. The van der Waals surface area contributed by atoms with Crippen molar-refractivity contribution in [3.05, 3.63) is 65.7 Å². The Hall–Kier alpha value is -2.65. The van der Waals surface area contributed by atoms with Gasteiger partial charge < -0.3 is 5.32 Å². The number of carbonyl (C=O) groups is 1. The minimum absolute atomic E-state index is 0.0690. The predicted octanol–water partition coefficient (Wildman–Crippen LogP) is 4.04. The number of sulfonamides is 1. The maximum Gasteiger partial charge on any atom is 0.416 e. The Morgan fingerprint density at radius 3 is 2.07 bits per heavy atom. The van der Waals surface area contributed by atoms with E-state index in [-0.39, 0.29) is 10.9 Å². The van der Waals surface area contributed by atoms with Crippen molar-refractivity contribution < 1.29 is 26.4 Å². The summed E-state index contributed by atoms with van der Waals surface area (Å²) in [6.07, 6.45) is -1.86. The van der Waals surface area contributed by atoms with Gasteiger partial charge in [0.05, 0.1) is 10.5 Å². The van der Waals surface area contributed by atoms with Gasteiger partial charge in [0, 0.05) is 17.8 Å². The molecule has 2 aromatic rings. The molecule has 2 rings (SSSR count). The van der Waals surface area contributed by atoms with Gasteiger partial charge in [-0.3, -0.25) is 4.79 Å². The van der Waals surface area contributed by atoms with Crippen LogP contribution in [0, 0.1) is 0 Å². The first-order valence-electron chi connectivity index (χ1n) is 8.26. The van der Waals surface area contributed by atoms with Gasteiger partial charge >= 0.3 is 6.18 Å². The highest BCUT2D eigenvalue weighted by molar-refractivity contribution is 7.89. The van der Waals surface area contributed by atoms with Crippen LogP contribution in [0.3, 0.4) is 0 Å². The van der Waals surface area contributed by atoms with E-state index < -0.39 is 27.7 Å². The minimum atomic E-state index is -4.41. The average Bonchev–Trinajstić information content (AvgIpc) is 2.59. The number of carbonyl (C=O) groups excluding carboxylic acids is 1. The molecule has 1 amide bonds. The van der Waals surface area contributed by atoms with E-state index in [1.807, 2.05) is 0 Å². The van der Waals surface area contributed by atoms with Crippen LogP contribution in [0.15, 0.2) is 59.5 Å². The molecule has 0 aliphatic heterocycles. The van der Waals surface area contributed by atoms with Crippen molar-refractivity contribution in [3.8, 4) is 0 Å². The summed E-state index contributed by atoms with van der Waals surface area (Å²) in [5, 5.41) is 2.55. The second-order valence-corrected chi connectivity index (χ2v) is 7.96. The topological polar surface area (TPSA) is 75.3 Å². The Kier molecular flexibility index (Phi) is 6.63. The van der Waals surface area contributed by atoms with Crippen LogP contribution in [0.25, 0.3) is 6.08 Å². The molecule has 0 aliphatic carbocycles. The van der Waals surface area contributed by atoms with Gasteiger partial charge in [0.15, 0.2) is 0 Å².